The molecule has 0 spiro atoms. The summed E-state index contributed by atoms with van der Waals surface area (Å²) in [4.78, 5) is 14.8. The van der Waals surface area contributed by atoms with Gasteiger partial charge in [0, 0.05) is 30.9 Å². The summed E-state index contributed by atoms with van der Waals surface area (Å²) in [5.41, 5.74) is 5.21. The second kappa shape index (κ2) is 5.70. The van der Waals surface area contributed by atoms with Crippen LogP contribution in [0.5, 0.6) is 0 Å². The van der Waals surface area contributed by atoms with Crippen molar-refractivity contribution in [3.63, 3.8) is 0 Å². The van der Waals surface area contributed by atoms with E-state index in [4.69, 9.17) is 0 Å². The zero-order valence-electron chi connectivity index (χ0n) is 12.5. The fourth-order valence-electron chi connectivity index (χ4n) is 2.92. The van der Waals surface area contributed by atoms with Crippen LogP contribution in [0.3, 0.4) is 0 Å². The van der Waals surface area contributed by atoms with Crippen LogP contribution in [0.4, 0.5) is 5.69 Å². The number of para-hydroxylation sites is 1. The summed E-state index contributed by atoms with van der Waals surface area (Å²) in [5, 5.41) is 3.37. The Balaban J connectivity index is 2.01. The van der Waals surface area contributed by atoms with Crippen molar-refractivity contribution in [2.45, 2.75) is 20.4 Å². The Hall–Kier alpha value is -2.13. The molecule has 108 valence electrons. The predicted molar refractivity (Wildman–Crippen MR) is 85.7 cm³/mol. The first-order chi connectivity index (χ1) is 10.1. The first-order valence-corrected chi connectivity index (χ1v) is 7.34. The Bertz CT molecular complexity index is 658. The summed E-state index contributed by atoms with van der Waals surface area (Å²) in [6.07, 6.45) is 0. The summed E-state index contributed by atoms with van der Waals surface area (Å²) in [6, 6.07) is 14.1. The zero-order chi connectivity index (χ0) is 14.8. The van der Waals surface area contributed by atoms with Crippen molar-refractivity contribution in [2.24, 2.45) is 0 Å². The summed E-state index contributed by atoms with van der Waals surface area (Å²) in [5.74, 6) is 0.0814. The Morgan fingerprint density at radius 2 is 1.81 bits per heavy atom. The van der Waals surface area contributed by atoms with Crippen molar-refractivity contribution >= 4 is 11.6 Å². The molecule has 3 rings (SSSR count). The van der Waals surface area contributed by atoms with Gasteiger partial charge < -0.3 is 10.2 Å². The van der Waals surface area contributed by atoms with Crippen LogP contribution < -0.4 is 10.2 Å². The van der Waals surface area contributed by atoms with Crippen molar-refractivity contribution in [3.8, 4) is 0 Å². The van der Waals surface area contributed by atoms with Crippen molar-refractivity contribution < 1.29 is 4.79 Å². The number of hydrogen-bond acceptors (Lipinski definition) is 2. The fourth-order valence-corrected chi connectivity index (χ4v) is 2.92. The lowest BCUT2D eigenvalue weighted by molar-refractivity contribution is 0.0987. The second-order valence-corrected chi connectivity index (χ2v) is 5.64. The molecule has 2 aromatic carbocycles. The van der Waals surface area contributed by atoms with Gasteiger partial charge in [-0.2, -0.15) is 0 Å². The van der Waals surface area contributed by atoms with Gasteiger partial charge in [0.2, 0.25) is 0 Å². The average molecular weight is 280 g/mol. The summed E-state index contributed by atoms with van der Waals surface area (Å²) < 4.78 is 0. The molecule has 0 saturated carbocycles. The summed E-state index contributed by atoms with van der Waals surface area (Å²) in [6.45, 7) is 6.38. The molecule has 0 radical (unpaired) electrons. The van der Waals surface area contributed by atoms with Crippen LogP contribution >= 0.6 is 0 Å². The van der Waals surface area contributed by atoms with Crippen LogP contribution in [0, 0.1) is 13.8 Å². The quantitative estimate of drug-likeness (QED) is 0.870. The van der Waals surface area contributed by atoms with E-state index in [1.54, 1.807) is 0 Å². The van der Waals surface area contributed by atoms with Crippen LogP contribution in [0.15, 0.2) is 42.5 Å². The van der Waals surface area contributed by atoms with Crippen LogP contribution in [0.1, 0.15) is 27.0 Å². The molecule has 2 aromatic rings. The third-order valence-electron chi connectivity index (χ3n) is 3.82. The number of benzene rings is 2. The smallest absolute Gasteiger partial charge is 0.258 e. The largest absolute Gasteiger partial charge is 0.311 e. The van der Waals surface area contributed by atoms with Crippen LogP contribution in [0.25, 0.3) is 0 Å². The second-order valence-electron chi connectivity index (χ2n) is 5.64. The molecule has 3 heteroatoms. The van der Waals surface area contributed by atoms with Crippen LogP contribution in [0.2, 0.25) is 0 Å². The molecule has 21 heavy (non-hydrogen) atoms. The number of rotatable bonds is 1. The molecule has 0 aliphatic carbocycles. The maximum Gasteiger partial charge on any atom is 0.258 e. The normalized spacial score (nSPS) is 14.5. The molecule has 0 fully saturated rings. The fraction of sp³-hybridized carbons (Fsp3) is 0.278. The van der Waals surface area contributed by atoms with Gasteiger partial charge in [0.15, 0.2) is 0 Å². The molecule has 0 bridgehead atoms. The molecule has 0 atom stereocenters. The van der Waals surface area contributed by atoms with E-state index in [1.165, 1.54) is 5.56 Å². The van der Waals surface area contributed by atoms with E-state index < -0.39 is 0 Å². The molecule has 0 aromatic heterocycles. The van der Waals surface area contributed by atoms with E-state index in [1.807, 2.05) is 49.1 Å². The first-order valence-electron chi connectivity index (χ1n) is 7.34. The van der Waals surface area contributed by atoms with Gasteiger partial charge in [-0.25, -0.2) is 0 Å². The van der Waals surface area contributed by atoms with E-state index in [0.717, 1.165) is 35.5 Å². The maximum absolute atomic E-state index is 12.9. The van der Waals surface area contributed by atoms with E-state index in [2.05, 4.69) is 17.4 Å². The summed E-state index contributed by atoms with van der Waals surface area (Å²) in [7, 11) is 0. The Morgan fingerprint density at radius 3 is 2.57 bits per heavy atom. The van der Waals surface area contributed by atoms with Gasteiger partial charge in [0.05, 0.1) is 0 Å². The number of nitrogens with one attached hydrogen (secondary N) is 1. The van der Waals surface area contributed by atoms with Crippen molar-refractivity contribution in [1.82, 2.24) is 5.32 Å². The molecule has 1 aliphatic heterocycles. The van der Waals surface area contributed by atoms with Gasteiger partial charge >= 0.3 is 0 Å². The van der Waals surface area contributed by atoms with E-state index >= 15 is 0 Å². The molecular weight excluding hydrogens is 260 g/mol. The Kier molecular flexibility index (Phi) is 3.76. The number of hydrogen-bond donors (Lipinski definition) is 1. The minimum atomic E-state index is 0.0814. The third kappa shape index (κ3) is 2.83. The van der Waals surface area contributed by atoms with Crippen molar-refractivity contribution in [3.05, 3.63) is 64.7 Å². The number of nitrogens with zero attached hydrogens (tertiary/aromatic N) is 1. The molecule has 1 aliphatic rings. The van der Waals surface area contributed by atoms with Gasteiger partial charge in [-0.15, -0.1) is 0 Å². The highest BCUT2D eigenvalue weighted by atomic mass is 16.2. The average Bonchev–Trinajstić information content (AvgIpc) is 2.68. The monoisotopic (exact) mass is 280 g/mol. The van der Waals surface area contributed by atoms with E-state index in [0.29, 0.717) is 6.54 Å². The van der Waals surface area contributed by atoms with Gasteiger partial charge in [0.25, 0.3) is 5.91 Å². The molecule has 1 N–H and O–H groups in total. The van der Waals surface area contributed by atoms with Gasteiger partial charge in [0.1, 0.15) is 0 Å². The minimum Gasteiger partial charge on any atom is -0.311 e. The van der Waals surface area contributed by atoms with E-state index in [9.17, 15) is 4.79 Å². The Morgan fingerprint density at radius 1 is 1.10 bits per heavy atom. The Labute approximate surface area is 125 Å². The van der Waals surface area contributed by atoms with Crippen LogP contribution in [-0.4, -0.2) is 19.0 Å². The molecule has 3 nitrogen and oxygen atoms in total. The lowest BCUT2D eigenvalue weighted by atomic mass is 10.1. The van der Waals surface area contributed by atoms with Crippen molar-refractivity contribution in [1.29, 1.82) is 0 Å². The molecular formula is C18H20N2O. The molecule has 0 saturated heterocycles. The van der Waals surface area contributed by atoms with Gasteiger partial charge in [-0.1, -0.05) is 35.4 Å². The maximum atomic E-state index is 12.9. The highest BCUT2D eigenvalue weighted by Gasteiger charge is 2.22. The number of amides is 1. The number of fused-ring (bicyclic) bond motifs is 1. The van der Waals surface area contributed by atoms with Gasteiger partial charge in [-0.3, -0.25) is 4.79 Å². The zero-order valence-corrected chi connectivity index (χ0v) is 12.5. The van der Waals surface area contributed by atoms with Gasteiger partial charge in [-0.05, 0) is 37.6 Å². The number of aryl methyl sites for hydroxylation is 2. The number of anilines is 1. The SMILES string of the molecule is Cc1cc(C)cc(C(=O)N2CCNCc3ccccc32)c1. The third-order valence-corrected chi connectivity index (χ3v) is 3.82. The lowest BCUT2D eigenvalue weighted by Crippen LogP contribution is -2.34. The van der Waals surface area contributed by atoms with E-state index in [-0.39, 0.29) is 5.91 Å². The first kappa shape index (κ1) is 13.8. The molecule has 0 unspecified atom stereocenters. The number of carbonyl (C=O) groups is 1. The highest BCUT2D eigenvalue weighted by molar-refractivity contribution is 6.06. The highest BCUT2D eigenvalue weighted by Crippen LogP contribution is 2.24. The molecule has 1 amide bonds. The minimum absolute atomic E-state index is 0.0814. The predicted octanol–water partition coefficient (Wildman–Crippen LogP) is 3.05. The van der Waals surface area contributed by atoms with Crippen molar-refractivity contribution in [2.75, 3.05) is 18.0 Å². The lowest BCUT2D eigenvalue weighted by Gasteiger charge is -2.23. The summed E-state index contributed by atoms with van der Waals surface area (Å²) >= 11 is 0. The standard InChI is InChI=1S/C18H20N2O/c1-13-9-14(2)11-16(10-13)18(21)20-8-7-19-12-15-5-3-4-6-17(15)20/h3-6,9-11,19H,7-8,12H2,1-2H3. The number of carbonyl (C=O) groups excluding carboxylic acids is 1. The van der Waals surface area contributed by atoms with Crippen LogP contribution in [-0.2, 0) is 6.54 Å². The molecule has 1 heterocycles. The topological polar surface area (TPSA) is 32.3 Å².